The Kier molecular flexibility index (Phi) is 3.29. The first-order valence-electron chi connectivity index (χ1n) is 4.18. The Morgan fingerprint density at radius 2 is 2.46 bits per heavy atom. The van der Waals surface area contributed by atoms with Crippen LogP contribution in [0.15, 0.2) is 0 Å². The van der Waals surface area contributed by atoms with Gasteiger partial charge in [-0.25, -0.2) is 0 Å². The standard InChI is InChI=1S/C9H14N2O2/c1-3-4-11(2)9(12)7-5-13-6-8(7)10/h1,7-8H,4-6,10H2,2H3. The number of carbonyl (C=O) groups is 1. The van der Waals surface area contributed by atoms with E-state index in [1.165, 1.54) is 4.90 Å². The molecule has 4 heteroatoms. The van der Waals surface area contributed by atoms with E-state index in [2.05, 4.69) is 5.92 Å². The summed E-state index contributed by atoms with van der Waals surface area (Å²) in [6.07, 6.45) is 5.09. The Bertz CT molecular complexity index is 234. The van der Waals surface area contributed by atoms with Crippen molar-refractivity contribution < 1.29 is 9.53 Å². The van der Waals surface area contributed by atoms with Crippen LogP contribution < -0.4 is 5.73 Å². The van der Waals surface area contributed by atoms with Crippen molar-refractivity contribution in [1.29, 1.82) is 0 Å². The predicted octanol–water partition coefficient (Wildman–Crippen LogP) is -0.948. The topological polar surface area (TPSA) is 55.6 Å². The Labute approximate surface area is 78.0 Å². The lowest BCUT2D eigenvalue weighted by Gasteiger charge is -2.19. The van der Waals surface area contributed by atoms with Gasteiger partial charge in [-0.05, 0) is 0 Å². The van der Waals surface area contributed by atoms with Gasteiger partial charge in [0.25, 0.3) is 0 Å². The second kappa shape index (κ2) is 4.26. The molecule has 2 unspecified atom stereocenters. The van der Waals surface area contributed by atoms with Crippen molar-refractivity contribution in [1.82, 2.24) is 4.90 Å². The van der Waals surface area contributed by atoms with Crippen LogP contribution in [-0.2, 0) is 9.53 Å². The average Bonchev–Trinajstić information content (AvgIpc) is 2.50. The van der Waals surface area contributed by atoms with Crippen molar-refractivity contribution in [3.63, 3.8) is 0 Å². The van der Waals surface area contributed by atoms with Gasteiger partial charge < -0.3 is 15.4 Å². The molecule has 1 aliphatic heterocycles. The normalized spacial score (nSPS) is 26.8. The summed E-state index contributed by atoms with van der Waals surface area (Å²) in [4.78, 5) is 13.1. The van der Waals surface area contributed by atoms with Gasteiger partial charge in [0.2, 0.25) is 5.91 Å². The molecule has 4 nitrogen and oxygen atoms in total. The van der Waals surface area contributed by atoms with Gasteiger partial charge in [0.15, 0.2) is 0 Å². The lowest BCUT2D eigenvalue weighted by atomic mass is 10.0. The summed E-state index contributed by atoms with van der Waals surface area (Å²) >= 11 is 0. The van der Waals surface area contributed by atoms with Gasteiger partial charge in [-0.1, -0.05) is 5.92 Å². The van der Waals surface area contributed by atoms with Gasteiger partial charge in [0, 0.05) is 13.1 Å². The Morgan fingerprint density at radius 1 is 1.77 bits per heavy atom. The Balaban J connectivity index is 2.52. The molecular formula is C9H14N2O2. The molecule has 1 heterocycles. The van der Waals surface area contributed by atoms with Crippen LogP contribution in [0.4, 0.5) is 0 Å². The fourth-order valence-corrected chi connectivity index (χ4v) is 1.32. The van der Waals surface area contributed by atoms with Crippen molar-refractivity contribution >= 4 is 5.91 Å². The highest BCUT2D eigenvalue weighted by molar-refractivity contribution is 5.80. The number of carbonyl (C=O) groups excluding carboxylic acids is 1. The van der Waals surface area contributed by atoms with Crippen LogP contribution in [0.3, 0.4) is 0 Å². The van der Waals surface area contributed by atoms with Gasteiger partial charge in [0.05, 0.1) is 25.7 Å². The third-order valence-corrected chi connectivity index (χ3v) is 2.15. The molecule has 1 aliphatic rings. The van der Waals surface area contributed by atoms with Crippen LogP contribution in [0.1, 0.15) is 0 Å². The van der Waals surface area contributed by atoms with E-state index in [4.69, 9.17) is 16.9 Å². The van der Waals surface area contributed by atoms with Crippen molar-refractivity contribution in [3.8, 4) is 12.3 Å². The van der Waals surface area contributed by atoms with E-state index >= 15 is 0 Å². The first-order valence-corrected chi connectivity index (χ1v) is 4.18. The summed E-state index contributed by atoms with van der Waals surface area (Å²) in [5.41, 5.74) is 5.69. The predicted molar refractivity (Wildman–Crippen MR) is 48.8 cm³/mol. The molecule has 2 N–H and O–H groups in total. The lowest BCUT2D eigenvalue weighted by molar-refractivity contribution is -0.133. The minimum Gasteiger partial charge on any atom is -0.379 e. The fourth-order valence-electron chi connectivity index (χ4n) is 1.32. The van der Waals surface area contributed by atoms with E-state index in [9.17, 15) is 4.79 Å². The zero-order valence-electron chi connectivity index (χ0n) is 7.69. The van der Waals surface area contributed by atoms with Gasteiger partial charge >= 0.3 is 0 Å². The molecule has 0 aliphatic carbocycles. The fraction of sp³-hybridized carbons (Fsp3) is 0.667. The molecule has 72 valence electrons. The average molecular weight is 182 g/mol. The van der Waals surface area contributed by atoms with Crippen LogP contribution in [0.5, 0.6) is 0 Å². The van der Waals surface area contributed by atoms with Crippen molar-refractivity contribution in [3.05, 3.63) is 0 Å². The third-order valence-electron chi connectivity index (χ3n) is 2.15. The first-order chi connectivity index (χ1) is 6.16. The van der Waals surface area contributed by atoms with E-state index < -0.39 is 0 Å². The number of ether oxygens (including phenoxy) is 1. The molecule has 0 aromatic heterocycles. The maximum Gasteiger partial charge on any atom is 0.230 e. The molecule has 1 rings (SSSR count). The van der Waals surface area contributed by atoms with Gasteiger partial charge in [-0.2, -0.15) is 0 Å². The molecule has 1 saturated heterocycles. The highest BCUT2D eigenvalue weighted by Crippen LogP contribution is 2.13. The molecule has 0 aromatic rings. The van der Waals surface area contributed by atoms with E-state index in [-0.39, 0.29) is 17.9 Å². The molecule has 1 fully saturated rings. The van der Waals surface area contributed by atoms with Crippen LogP contribution in [0.2, 0.25) is 0 Å². The Morgan fingerprint density at radius 3 is 2.92 bits per heavy atom. The highest BCUT2D eigenvalue weighted by Gasteiger charge is 2.32. The number of nitrogens with zero attached hydrogens (tertiary/aromatic N) is 1. The quantitative estimate of drug-likeness (QED) is 0.560. The SMILES string of the molecule is C#CCN(C)C(=O)C1COCC1N. The molecule has 0 aromatic carbocycles. The Hall–Kier alpha value is -1.05. The second-order valence-corrected chi connectivity index (χ2v) is 3.21. The van der Waals surface area contributed by atoms with Gasteiger partial charge in [0.1, 0.15) is 0 Å². The number of nitrogens with two attached hydrogens (primary N) is 1. The largest absolute Gasteiger partial charge is 0.379 e. The summed E-state index contributed by atoms with van der Waals surface area (Å²) in [6, 6.07) is -0.187. The number of amides is 1. The number of rotatable bonds is 2. The molecule has 2 atom stereocenters. The van der Waals surface area contributed by atoms with E-state index in [1.54, 1.807) is 7.05 Å². The lowest BCUT2D eigenvalue weighted by Crippen LogP contribution is -2.42. The van der Waals surface area contributed by atoms with Crippen LogP contribution in [-0.4, -0.2) is 43.7 Å². The van der Waals surface area contributed by atoms with Crippen molar-refractivity contribution in [2.45, 2.75) is 6.04 Å². The van der Waals surface area contributed by atoms with Crippen LogP contribution in [0, 0.1) is 18.3 Å². The van der Waals surface area contributed by atoms with E-state index in [0.717, 1.165) is 0 Å². The maximum absolute atomic E-state index is 11.6. The molecule has 13 heavy (non-hydrogen) atoms. The summed E-state index contributed by atoms with van der Waals surface area (Å²) in [5.74, 6) is 2.16. The van der Waals surface area contributed by atoms with E-state index in [0.29, 0.717) is 19.8 Å². The number of hydrogen-bond acceptors (Lipinski definition) is 3. The van der Waals surface area contributed by atoms with Crippen molar-refractivity contribution in [2.75, 3.05) is 26.8 Å². The van der Waals surface area contributed by atoms with Crippen molar-refractivity contribution in [2.24, 2.45) is 11.7 Å². The third kappa shape index (κ3) is 2.20. The molecule has 0 spiro atoms. The number of hydrogen-bond donors (Lipinski definition) is 1. The summed E-state index contributed by atoms with van der Waals surface area (Å²) in [7, 11) is 1.67. The van der Waals surface area contributed by atoms with E-state index in [1.807, 2.05) is 0 Å². The molecule has 0 saturated carbocycles. The minimum absolute atomic E-state index is 0.0250. The van der Waals surface area contributed by atoms with Gasteiger partial charge in [-0.15, -0.1) is 6.42 Å². The zero-order chi connectivity index (χ0) is 9.84. The smallest absolute Gasteiger partial charge is 0.230 e. The summed E-state index contributed by atoms with van der Waals surface area (Å²) < 4.78 is 5.09. The first kappa shape index (κ1) is 10.0. The molecule has 1 amide bonds. The molecular weight excluding hydrogens is 168 g/mol. The summed E-state index contributed by atoms with van der Waals surface area (Å²) in [6.45, 7) is 1.19. The second-order valence-electron chi connectivity index (χ2n) is 3.21. The van der Waals surface area contributed by atoms with Crippen LogP contribution >= 0.6 is 0 Å². The summed E-state index contributed by atoms with van der Waals surface area (Å²) in [5, 5.41) is 0. The van der Waals surface area contributed by atoms with Gasteiger partial charge in [-0.3, -0.25) is 4.79 Å². The number of terminal acetylenes is 1. The monoisotopic (exact) mass is 182 g/mol. The maximum atomic E-state index is 11.6. The minimum atomic E-state index is -0.224. The molecule has 0 bridgehead atoms. The van der Waals surface area contributed by atoms with Crippen LogP contribution in [0.25, 0.3) is 0 Å². The highest BCUT2D eigenvalue weighted by atomic mass is 16.5. The molecule has 0 radical (unpaired) electrons. The zero-order valence-corrected chi connectivity index (χ0v) is 7.69.